The quantitative estimate of drug-likeness (QED) is 0.811. The van der Waals surface area contributed by atoms with Crippen LogP contribution in [0.4, 0.5) is 0 Å². The highest BCUT2D eigenvalue weighted by molar-refractivity contribution is 7.91. The largest absolute Gasteiger partial charge is 0.492 e. The average molecular weight is 352 g/mol. The Morgan fingerprint density at radius 2 is 2.00 bits per heavy atom. The van der Waals surface area contributed by atoms with Gasteiger partial charge in [-0.2, -0.15) is 0 Å². The Kier molecular flexibility index (Phi) is 5.29. The van der Waals surface area contributed by atoms with Gasteiger partial charge in [-0.3, -0.25) is 0 Å². The Morgan fingerprint density at radius 1 is 1.20 bits per heavy atom. The van der Waals surface area contributed by atoms with Crippen molar-refractivity contribution in [3.05, 3.63) is 45.8 Å². The van der Waals surface area contributed by atoms with Crippen LogP contribution in [0.5, 0.6) is 5.75 Å². The maximum Gasteiger partial charge on any atom is 0.250 e. The molecular weight excluding hydrogens is 341 g/mol. The van der Waals surface area contributed by atoms with E-state index in [1.807, 2.05) is 0 Å². The van der Waals surface area contributed by atoms with Crippen LogP contribution in [-0.4, -0.2) is 21.6 Å². The van der Waals surface area contributed by atoms with E-state index in [0.717, 1.165) is 11.3 Å². The summed E-state index contributed by atoms with van der Waals surface area (Å²) in [7, 11) is -3.52. The van der Waals surface area contributed by atoms with E-state index in [4.69, 9.17) is 27.9 Å². The number of hydrogen-bond acceptors (Lipinski definition) is 4. The fourth-order valence-electron chi connectivity index (χ4n) is 1.41. The summed E-state index contributed by atoms with van der Waals surface area (Å²) in [5.41, 5.74) is 0. The summed E-state index contributed by atoms with van der Waals surface area (Å²) in [5.74, 6) is 0.593. The van der Waals surface area contributed by atoms with Gasteiger partial charge in [-0.25, -0.2) is 13.1 Å². The lowest BCUT2D eigenvalue weighted by Gasteiger charge is -2.07. The summed E-state index contributed by atoms with van der Waals surface area (Å²) < 4.78 is 32.2. The van der Waals surface area contributed by atoms with Crippen molar-refractivity contribution in [3.8, 4) is 5.75 Å². The minimum atomic E-state index is -3.52. The Hall–Kier alpha value is -0.790. The predicted molar refractivity (Wildman–Crippen MR) is 81.5 cm³/mol. The van der Waals surface area contributed by atoms with Gasteiger partial charge in [-0.15, -0.1) is 11.3 Å². The number of ether oxygens (including phenoxy) is 1. The molecule has 0 fully saturated rings. The fraction of sp³-hybridized carbons (Fsp3) is 0.167. The predicted octanol–water partition coefficient (Wildman–Crippen LogP) is 3.41. The zero-order valence-electron chi connectivity index (χ0n) is 10.2. The van der Waals surface area contributed by atoms with Crippen LogP contribution in [0.25, 0.3) is 0 Å². The Morgan fingerprint density at radius 3 is 2.65 bits per heavy atom. The van der Waals surface area contributed by atoms with Gasteiger partial charge in [-0.05, 0) is 30.3 Å². The lowest BCUT2D eigenvalue weighted by Crippen LogP contribution is -2.27. The number of benzene rings is 1. The van der Waals surface area contributed by atoms with E-state index in [1.54, 1.807) is 30.3 Å². The van der Waals surface area contributed by atoms with Crippen molar-refractivity contribution >= 4 is 44.6 Å². The van der Waals surface area contributed by atoms with Crippen LogP contribution in [0.3, 0.4) is 0 Å². The van der Waals surface area contributed by atoms with Crippen LogP contribution in [0.15, 0.2) is 40.6 Å². The highest BCUT2D eigenvalue weighted by Crippen LogP contribution is 2.25. The van der Waals surface area contributed by atoms with Gasteiger partial charge in [0.05, 0.1) is 4.34 Å². The van der Waals surface area contributed by atoms with Crippen molar-refractivity contribution in [2.45, 2.75) is 4.21 Å². The molecule has 0 bridgehead atoms. The van der Waals surface area contributed by atoms with Gasteiger partial charge in [0.15, 0.2) is 0 Å². The molecule has 2 aromatic rings. The van der Waals surface area contributed by atoms with Crippen molar-refractivity contribution in [1.82, 2.24) is 4.72 Å². The summed E-state index contributed by atoms with van der Waals surface area (Å²) in [5, 5.41) is 0.566. The number of nitrogens with one attached hydrogen (secondary N) is 1. The second-order valence-electron chi connectivity index (χ2n) is 3.76. The molecule has 0 saturated heterocycles. The Balaban J connectivity index is 1.84. The molecule has 0 unspecified atom stereocenters. The maximum atomic E-state index is 11.9. The number of rotatable bonds is 6. The van der Waals surface area contributed by atoms with Gasteiger partial charge in [-0.1, -0.05) is 29.3 Å². The van der Waals surface area contributed by atoms with Gasteiger partial charge in [0.25, 0.3) is 0 Å². The molecule has 2 rings (SSSR count). The van der Waals surface area contributed by atoms with Gasteiger partial charge in [0.1, 0.15) is 16.6 Å². The molecule has 0 spiro atoms. The summed E-state index contributed by atoms with van der Waals surface area (Å²) in [6.07, 6.45) is 0. The van der Waals surface area contributed by atoms with Crippen molar-refractivity contribution in [2.75, 3.05) is 13.2 Å². The Labute approximate surface area is 131 Å². The molecule has 1 aromatic heterocycles. The van der Waals surface area contributed by atoms with Crippen LogP contribution >= 0.6 is 34.5 Å². The fourth-order valence-corrected chi connectivity index (χ4v) is 4.14. The molecule has 0 amide bonds. The summed E-state index contributed by atoms with van der Waals surface area (Å²) in [6.45, 7) is 0.364. The first-order valence-corrected chi connectivity index (χ1v) is 8.66. The van der Waals surface area contributed by atoms with Crippen LogP contribution in [0.2, 0.25) is 9.36 Å². The van der Waals surface area contributed by atoms with Gasteiger partial charge in [0.2, 0.25) is 10.0 Å². The van der Waals surface area contributed by atoms with E-state index in [0.29, 0.717) is 15.1 Å². The molecule has 1 heterocycles. The molecule has 108 valence electrons. The van der Waals surface area contributed by atoms with E-state index in [9.17, 15) is 8.42 Å². The standard InChI is InChI=1S/C12H11Cl2NO3S2/c13-9-2-1-3-10(8-9)18-7-6-15-20(16,17)12-5-4-11(14)19-12/h1-5,8,15H,6-7H2. The lowest BCUT2D eigenvalue weighted by atomic mass is 10.3. The maximum absolute atomic E-state index is 11.9. The monoisotopic (exact) mass is 351 g/mol. The number of sulfonamides is 1. The molecule has 0 aliphatic rings. The minimum absolute atomic E-state index is 0.157. The first-order valence-electron chi connectivity index (χ1n) is 5.61. The van der Waals surface area contributed by atoms with E-state index in [-0.39, 0.29) is 17.4 Å². The molecule has 0 saturated carbocycles. The third-order valence-electron chi connectivity index (χ3n) is 2.27. The molecule has 8 heteroatoms. The summed E-state index contributed by atoms with van der Waals surface area (Å²) in [4.78, 5) is 0. The zero-order valence-corrected chi connectivity index (χ0v) is 13.3. The van der Waals surface area contributed by atoms with Crippen molar-refractivity contribution in [1.29, 1.82) is 0 Å². The zero-order chi connectivity index (χ0) is 14.6. The average Bonchev–Trinajstić information content (AvgIpc) is 2.82. The molecular formula is C12H11Cl2NO3S2. The molecule has 0 atom stereocenters. The molecule has 1 aromatic carbocycles. The van der Waals surface area contributed by atoms with Gasteiger partial charge in [0, 0.05) is 11.6 Å². The smallest absolute Gasteiger partial charge is 0.250 e. The number of hydrogen-bond donors (Lipinski definition) is 1. The van der Waals surface area contributed by atoms with Crippen LogP contribution < -0.4 is 9.46 Å². The van der Waals surface area contributed by atoms with Crippen molar-refractivity contribution in [2.24, 2.45) is 0 Å². The second kappa shape index (κ2) is 6.78. The second-order valence-corrected chi connectivity index (χ2v) is 7.91. The number of halogens is 2. The van der Waals surface area contributed by atoms with E-state index in [2.05, 4.69) is 4.72 Å². The topological polar surface area (TPSA) is 55.4 Å². The SMILES string of the molecule is O=S(=O)(NCCOc1cccc(Cl)c1)c1ccc(Cl)s1. The minimum Gasteiger partial charge on any atom is -0.492 e. The molecule has 1 N–H and O–H groups in total. The highest BCUT2D eigenvalue weighted by Gasteiger charge is 2.15. The van der Waals surface area contributed by atoms with E-state index < -0.39 is 10.0 Å². The Bertz CT molecular complexity index is 686. The van der Waals surface area contributed by atoms with Crippen LogP contribution in [0, 0.1) is 0 Å². The molecule has 0 aliphatic carbocycles. The third-order valence-corrected chi connectivity index (χ3v) is 5.69. The van der Waals surface area contributed by atoms with Gasteiger partial charge < -0.3 is 4.74 Å². The summed E-state index contributed by atoms with van der Waals surface area (Å²) in [6, 6.07) is 9.91. The first kappa shape index (κ1) is 15.6. The van der Waals surface area contributed by atoms with Gasteiger partial charge >= 0.3 is 0 Å². The first-order chi connectivity index (χ1) is 9.47. The molecule has 0 aliphatic heterocycles. The van der Waals surface area contributed by atoms with Crippen molar-refractivity contribution < 1.29 is 13.2 Å². The summed E-state index contributed by atoms with van der Waals surface area (Å²) >= 11 is 12.5. The number of thiophene rings is 1. The molecule has 4 nitrogen and oxygen atoms in total. The molecule has 0 radical (unpaired) electrons. The van der Waals surface area contributed by atoms with E-state index in [1.165, 1.54) is 6.07 Å². The van der Waals surface area contributed by atoms with Crippen molar-refractivity contribution in [3.63, 3.8) is 0 Å². The highest BCUT2D eigenvalue weighted by atomic mass is 35.5. The third kappa shape index (κ3) is 4.36. The van der Waals surface area contributed by atoms with Crippen LogP contribution in [-0.2, 0) is 10.0 Å². The van der Waals surface area contributed by atoms with E-state index >= 15 is 0 Å². The molecule has 20 heavy (non-hydrogen) atoms. The lowest BCUT2D eigenvalue weighted by molar-refractivity contribution is 0.323. The normalized spacial score (nSPS) is 11.5. The van der Waals surface area contributed by atoms with Crippen LogP contribution in [0.1, 0.15) is 0 Å².